The van der Waals surface area contributed by atoms with Crippen LogP contribution in [0.15, 0.2) is 23.2 Å². The molecule has 1 rings (SSSR count). The molecule has 6 nitrogen and oxygen atoms in total. The lowest BCUT2D eigenvalue weighted by Gasteiger charge is -2.19. The average molecular weight is 272 g/mol. The molecule has 0 spiro atoms. The molecule has 18 heavy (non-hydrogen) atoms. The Morgan fingerprint density at radius 3 is 2.50 bits per heavy atom. The second-order valence-corrected chi connectivity index (χ2v) is 6.30. The lowest BCUT2D eigenvalue weighted by atomic mass is 10.5. The Morgan fingerprint density at radius 1 is 1.28 bits per heavy atom. The van der Waals surface area contributed by atoms with E-state index in [-0.39, 0.29) is 4.90 Å². The van der Waals surface area contributed by atoms with Crippen molar-refractivity contribution in [2.45, 2.75) is 4.90 Å². The third kappa shape index (κ3) is 3.66. The lowest BCUT2D eigenvalue weighted by Crippen LogP contribution is -2.33. The maximum Gasteiger partial charge on any atom is 0.243 e. The van der Waals surface area contributed by atoms with E-state index in [1.54, 1.807) is 14.1 Å². The molecule has 0 amide bonds. The molecule has 0 aliphatic heterocycles. The van der Waals surface area contributed by atoms with Gasteiger partial charge in [0.05, 0.1) is 4.90 Å². The lowest BCUT2D eigenvalue weighted by molar-refractivity contribution is 0.358. The van der Waals surface area contributed by atoms with Crippen molar-refractivity contribution in [2.75, 3.05) is 46.6 Å². The first-order chi connectivity index (χ1) is 8.37. The molecule has 0 radical (unpaired) electrons. The van der Waals surface area contributed by atoms with Crippen LogP contribution < -0.4 is 5.32 Å². The molecule has 102 valence electrons. The summed E-state index contributed by atoms with van der Waals surface area (Å²) in [6.07, 6.45) is 1.48. The van der Waals surface area contributed by atoms with E-state index in [2.05, 4.69) is 10.3 Å². The summed E-state index contributed by atoms with van der Waals surface area (Å²) in [5.41, 5.74) is 0. The van der Waals surface area contributed by atoms with E-state index < -0.39 is 10.0 Å². The number of likely N-dealkylation sites (N-methyl/N-ethyl adjacent to an activating group) is 2. The third-order valence-corrected chi connectivity index (χ3v) is 4.41. The number of aromatic nitrogens is 1. The maximum atomic E-state index is 12.3. The van der Waals surface area contributed by atoms with Crippen LogP contribution in [-0.4, -0.2) is 63.9 Å². The number of nitrogens with one attached hydrogen (secondary N) is 1. The Balaban J connectivity index is 2.91. The zero-order valence-electron chi connectivity index (χ0n) is 11.2. The van der Waals surface area contributed by atoms with Crippen LogP contribution in [0, 0.1) is 0 Å². The van der Waals surface area contributed by atoms with Gasteiger partial charge in [-0.25, -0.2) is 13.4 Å². The summed E-state index contributed by atoms with van der Waals surface area (Å²) in [6, 6.07) is 3.03. The standard InChI is InChI=1S/C11H20N4O2S/c1-12-11-9-10(5-6-13-11)18(16,17)15(4)8-7-14(2)3/h5-6,9H,7-8H2,1-4H3,(H,12,13). The number of hydrogen-bond donors (Lipinski definition) is 1. The highest BCUT2D eigenvalue weighted by Gasteiger charge is 2.20. The first-order valence-corrected chi connectivity index (χ1v) is 7.07. The molecule has 0 saturated carbocycles. The highest BCUT2D eigenvalue weighted by Crippen LogP contribution is 2.16. The Kier molecular flexibility index (Phi) is 5.06. The summed E-state index contributed by atoms with van der Waals surface area (Å²) in [7, 11) is 3.66. The fraction of sp³-hybridized carbons (Fsp3) is 0.545. The third-order valence-electron chi connectivity index (χ3n) is 2.56. The summed E-state index contributed by atoms with van der Waals surface area (Å²) in [4.78, 5) is 6.20. The van der Waals surface area contributed by atoms with Gasteiger partial charge >= 0.3 is 0 Å². The molecular weight excluding hydrogens is 252 g/mol. The molecule has 0 saturated heterocycles. The molecule has 7 heteroatoms. The van der Waals surface area contributed by atoms with Crippen LogP contribution in [0.2, 0.25) is 0 Å². The van der Waals surface area contributed by atoms with Crippen LogP contribution in [0.1, 0.15) is 0 Å². The van der Waals surface area contributed by atoms with Crippen molar-refractivity contribution in [1.29, 1.82) is 0 Å². The summed E-state index contributed by atoms with van der Waals surface area (Å²) >= 11 is 0. The zero-order chi connectivity index (χ0) is 13.8. The molecule has 1 heterocycles. The molecule has 1 aromatic rings. The fourth-order valence-electron chi connectivity index (χ4n) is 1.35. The van der Waals surface area contributed by atoms with Crippen LogP contribution in [0.25, 0.3) is 0 Å². The van der Waals surface area contributed by atoms with E-state index in [9.17, 15) is 8.42 Å². The van der Waals surface area contributed by atoms with Gasteiger partial charge in [-0.05, 0) is 20.2 Å². The van der Waals surface area contributed by atoms with Gasteiger partial charge in [0.15, 0.2) is 0 Å². The number of anilines is 1. The van der Waals surface area contributed by atoms with Crippen molar-refractivity contribution in [3.8, 4) is 0 Å². The monoisotopic (exact) mass is 272 g/mol. The van der Waals surface area contributed by atoms with Gasteiger partial charge in [-0.3, -0.25) is 0 Å². The minimum absolute atomic E-state index is 0.253. The van der Waals surface area contributed by atoms with Gasteiger partial charge < -0.3 is 10.2 Å². The number of hydrogen-bond acceptors (Lipinski definition) is 5. The van der Waals surface area contributed by atoms with Crippen LogP contribution in [0.3, 0.4) is 0 Å². The first kappa shape index (κ1) is 14.9. The van der Waals surface area contributed by atoms with E-state index >= 15 is 0 Å². The van der Waals surface area contributed by atoms with Gasteiger partial charge in [-0.15, -0.1) is 0 Å². The summed E-state index contributed by atoms with van der Waals surface area (Å²) in [5, 5.41) is 2.83. The largest absolute Gasteiger partial charge is 0.373 e. The minimum atomic E-state index is -3.44. The van der Waals surface area contributed by atoms with E-state index in [0.29, 0.717) is 18.9 Å². The van der Waals surface area contributed by atoms with Gasteiger partial charge in [-0.1, -0.05) is 0 Å². The predicted octanol–water partition coefficient (Wildman–Crippen LogP) is 0.305. The Morgan fingerprint density at radius 2 is 1.94 bits per heavy atom. The molecule has 0 bridgehead atoms. The summed E-state index contributed by atoms with van der Waals surface area (Å²) in [5.74, 6) is 0.539. The number of rotatable bonds is 6. The molecule has 0 atom stereocenters. The highest BCUT2D eigenvalue weighted by atomic mass is 32.2. The van der Waals surface area contributed by atoms with E-state index in [0.717, 1.165) is 0 Å². The molecule has 0 fully saturated rings. The van der Waals surface area contributed by atoms with Gasteiger partial charge in [0, 0.05) is 39.4 Å². The second kappa shape index (κ2) is 6.12. The fourth-order valence-corrected chi connectivity index (χ4v) is 2.52. The number of nitrogens with zero attached hydrogens (tertiary/aromatic N) is 3. The van der Waals surface area contributed by atoms with Gasteiger partial charge in [0.25, 0.3) is 0 Å². The zero-order valence-corrected chi connectivity index (χ0v) is 12.0. The average Bonchev–Trinajstić information content (AvgIpc) is 2.35. The minimum Gasteiger partial charge on any atom is -0.373 e. The number of pyridine rings is 1. The molecule has 0 aliphatic carbocycles. The Bertz CT molecular complexity index is 488. The SMILES string of the molecule is CNc1cc(S(=O)(=O)N(C)CCN(C)C)ccn1. The van der Waals surface area contributed by atoms with Gasteiger partial charge in [0.1, 0.15) is 5.82 Å². The maximum absolute atomic E-state index is 12.3. The van der Waals surface area contributed by atoms with Crippen molar-refractivity contribution in [3.05, 3.63) is 18.3 Å². The summed E-state index contributed by atoms with van der Waals surface area (Å²) in [6.45, 7) is 1.13. The van der Waals surface area contributed by atoms with Crippen LogP contribution in [0.5, 0.6) is 0 Å². The number of sulfonamides is 1. The molecular formula is C11H20N4O2S. The van der Waals surface area contributed by atoms with Crippen LogP contribution >= 0.6 is 0 Å². The molecule has 1 aromatic heterocycles. The van der Waals surface area contributed by atoms with E-state index in [1.165, 1.54) is 22.6 Å². The highest BCUT2D eigenvalue weighted by molar-refractivity contribution is 7.89. The molecule has 0 aromatic carbocycles. The van der Waals surface area contributed by atoms with Gasteiger partial charge in [0.2, 0.25) is 10.0 Å². The predicted molar refractivity (Wildman–Crippen MR) is 72.2 cm³/mol. The normalized spacial score (nSPS) is 12.1. The topological polar surface area (TPSA) is 65.5 Å². The Hall–Kier alpha value is -1.18. The molecule has 1 N–H and O–H groups in total. The van der Waals surface area contributed by atoms with Crippen molar-refractivity contribution in [1.82, 2.24) is 14.2 Å². The van der Waals surface area contributed by atoms with Crippen molar-refractivity contribution in [3.63, 3.8) is 0 Å². The smallest absolute Gasteiger partial charge is 0.243 e. The van der Waals surface area contributed by atoms with Gasteiger partial charge in [-0.2, -0.15) is 4.31 Å². The molecule has 0 aliphatic rings. The summed E-state index contributed by atoms with van der Waals surface area (Å²) < 4.78 is 25.9. The van der Waals surface area contributed by atoms with E-state index in [1.807, 2.05) is 19.0 Å². The van der Waals surface area contributed by atoms with Crippen molar-refractivity contribution >= 4 is 15.8 Å². The quantitative estimate of drug-likeness (QED) is 0.807. The Labute approximate surface area is 109 Å². The van der Waals surface area contributed by atoms with Crippen molar-refractivity contribution < 1.29 is 8.42 Å². The van der Waals surface area contributed by atoms with E-state index in [4.69, 9.17) is 0 Å². The molecule has 0 unspecified atom stereocenters. The van der Waals surface area contributed by atoms with Crippen molar-refractivity contribution in [2.24, 2.45) is 0 Å². The first-order valence-electron chi connectivity index (χ1n) is 5.63. The van der Waals surface area contributed by atoms with Crippen LogP contribution in [0.4, 0.5) is 5.82 Å². The van der Waals surface area contributed by atoms with Crippen LogP contribution in [-0.2, 0) is 10.0 Å². The second-order valence-electron chi connectivity index (χ2n) is 4.26.